The Kier molecular flexibility index (Phi) is 4.65. The first-order valence-corrected chi connectivity index (χ1v) is 5.85. The summed E-state index contributed by atoms with van der Waals surface area (Å²) < 4.78 is 0. The number of carbonyl (C=O) groups excluding carboxylic acids is 1. The van der Waals surface area contributed by atoms with Crippen LogP contribution in [0.4, 0.5) is 0 Å². The summed E-state index contributed by atoms with van der Waals surface area (Å²) >= 11 is 0. The van der Waals surface area contributed by atoms with Crippen LogP contribution < -0.4 is 5.32 Å². The molecule has 5 heteroatoms. The predicted molar refractivity (Wildman–Crippen MR) is 69.5 cm³/mol. The smallest absolute Gasteiger partial charge is 0.335 e. The summed E-state index contributed by atoms with van der Waals surface area (Å²) in [6.07, 6.45) is -0.00994. The van der Waals surface area contributed by atoms with Crippen molar-refractivity contribution in [1.82, 2.24) is 5.32 Å². The lowest BCUT2D eigenvalue weighted by Gasteiger charge is -2.16. The maximum absolute atomic E-state index is 11.7. The summed E-state index contributed by atoms with van der Waals surface area (Å²) in [5, 5.41) is 20.5. The molecule has 0 fully saturated rings. The largest absolute Gasteiger partial charge is 0.478 e. The van der Waals surface area contributed by atoms with Gasteiger partial charge in [-0.05, 0) is 25.5 Å². The molecule has 19 heavy (non-hydrogen) atoms. The molecule has 1 aromatic carbocycles. The molecule has 0 atom stereocenters. The molecule has 0 aliphatic heterocycles. The van der Waals surface area contributed by atoms with Crippen LogP contribution in [0.5, 0.6) is 0 Å². The van der Waals surface area contributed by atoms with Crippen LogP contribution in [0.25, 0.3) is 0 Å². The number of benzene rings is 1. The molecule has 0 heterocycles. The van der Waals surface area contributed by atoms with Crippen molar-refractivity contribution >= 4 is 11.9 Å². The number of nitrogens with one attached hydrogen (secondary N) is 1. The number of carboxylic acid groups (broad SMARTS) is 1. The van der Waals surface area contributed by atoms with Gasteiger partial charge in [0.05, 0.1) is 23.5 Å². The molecular formula is C14H16N2O3. The van der Waals surface area contributed by atoms with Crippen molar-refractivity contribution in [3.63, 3.8) is 0 Å². The number of aromatic carboxylic acids is 1. The van der Waals surface area contributed by atoms with Crippen molar-refractivity contribution < 1.29 is 14.7 Å². The molecule has 100 valence electrons. The molecule has 1 rings (SSSR count). The molecule has 0 radical (unpaired) electrons. The fraction of sp³-hybridized carbons (Fsp3) is 0.357. The Bertz CT molecular complexity index is 530. The predicted octanol–water partition coefficient (Wildman–Crippen LogP) is 1.59. The molecule has 5 nitrogen and oxygen atoms in total. The van der Waals surface area contributed by atoms with Gasteiger partial charge in [-0.15, -0.1) is 0 Å². The molecule has 1 aromatic rings. The van der Waals surface area contributed by atoms with Gasteiger partial charge < -0.3 is 10.4 Å². The molecule has 0 unspecified atom stereocenters. The molecular weight excluding hydrogens is 244 g/mol. The third-order valence-electron chi connectivity index (χ3n) is 2.63. The van der Waals surface area contributed by atoms with Gasteiger partial charge in [0.2, 0.25) is 5.91 Å². The molecule has 0 bridgehead atoms. The highest BCUT2D eigenvalue weighted by Gasteiger charge is 2.18. The summed E-state index contributed by atoms with van der Waals surface area (Å²) in [6.45, 7) is 3.68. The number of hydrogen-bond acceptors (Lipinski definition) is 3. The van der Waals surface area contributed by atoms with E-state index in [4.69, 9.17) is 10.4 Å². The third kappa shape index (κ3) is 4.43. The lowest BCUT2D eigenvalue weighted by Crippen LogP contribution is -2.34. The zero-order valence-corrected chi connectivity index (χ0v) is 10.9. The summed E-state index contributed by atoms with van der Waals surface area (Å²) in [7, 11) is 0. The van der Waals surface area contributed by atoms with Gasteiger partial charge in [-0.3, -0.25) is 4.79 Å². The van der Waals surface area contributed by atoms with Crippen LogP contribution in [0.2, 0.25) is 0 Å². The van der Waals surface area contributed by atoms with Crippen molar-refractivity contribution in [2.75, 3.05) is 6.54 Å². The van der Waals surface area contributed by atoms with E-state index in [1.54, 1.807) is 32.0 Å². The second kappa shape index (κ2) is 6.01. The molecule has 0 aliphatic carbocycles. The lowest BCUT2D eigenvalue weighted by atomic mass is 9.96. The van der Waals surface area contributed by atoms with Gasteiger partial charge >= 0.3 is 5.97 Å². The van der Waals surface area contributed by atoms with Crippen LogP contribution in [0.3, 0.4) is 0 Å². The van der Waals surface area contributed by atoms with Gasteiger partial charge in [-0.25, -0.2) is 4.79 Å². The first kappa shape index (κ1) is 14.7. The first-order valence-electron chi connectivity index (χ1n) is 5.85. The van der Waals surface area contributed by atoms with Crippen LogP contribution in [-0.2, 0) is 11.2 Å². The highest BCUT2D eigenvalue weighted by molar-refractivity contribution is 5.91. The Labute approximate surface area is 111 Å². The molecule has 0 saturated heterocycles. The summed E-state index contributed by atoms with van der Waals surface area (Å²) in [5.74, 6) is -1.35. The Morgan fingerprint density at radius 2 is 2.00 bits per heavy atom. The topological polar surface area (TPSA) is 90.2 Å². The minimum atomic E-state index is -1.05. The van der Waals surface area contributed by atoms with E-state index in [-0.39, 0.29) is 24.4 Å². The third-order valence-corrected chi connectivity index (χ3v) is 2.63. The second-order valence-corrected chi connectivity index (χ2v) is 4.91. The maximum atomic E-state index is 11.7. The van der Waals surface area contributed by atoms with E-state index in [1.807, 2.05) is 0 Å². The Balaban J connectivity index is 2.69. The number of nitrogens with zero attached hydrogens (tertiary/aromatic N) is 1. The minimum Gasteiger partial charge on any atom is -0.478 e. The standard InChI is InChI=1S/C14H16N2O3/c1-14(2,8-15)9-16-12(17)7-10-5-3-4-6-11(10)13(18)19/h3-6H,7,9H2,1-2H3,(H,16,17)(H,18,19). The van der Waals surface area contributed by atoms with E-state index in [2.05, 4.69) is 11.4 Å². The summed E-state index contributed by atoms with van der Waals surface area (Å²) in [6, 6.07) is 8.46. The Hall–Kier alpha value is -2.35. The molecule has 0 spiro atoms. The molecule has 1 amide bonds. The van der Waals surface area contributed by atoms with Crippen molar-refractivity contribution in [3.8, 4) is 6.07 Å². The normalized spacial score (nSPS) is 10.6. The van der Waals surface area contributed by atoms with Crippen LogP contribution in [0, 0.1) is 16.7 Å². The highest BCUT2D eigenvalue weighted by atomic mass is 16.4. The minimum absolute atomic E-state index is 0.00994. The quantitative estimate of drug-likeness (QED) is 0.841. The molecule has 0 aliphatic rings. The average Bonchev–Trinajstić information content (AvgIpc) is 2.37. The van der Waals surface area contributed by atoms with Gasteiger partial charge in [0.25, 0.3) is 0 Å². The van der Waals surface area contributed by atoms with Crippen LogP contribution >= 0.6 is 0 Å². The summed E-state index contributed by atoms with van der Waals surface area (Å²) in [4.78, 5) is 22.7. The Morgan fingerprint density at radius 3 is 2.58 bits per heavy atom. The van der Waals surface area contributed by atoms with Gasteiger partial charge in [-0.1, -0.05) is 18.2 Å². The Morgan fingerprint density at radius 1 is 1.37 bits per heavy atom. The van der Waals surface area contributed by atoms with Crippen molar-refractivity contribution in [2.45, 2.75) is 20.3 Å². The molecule has 0 aromatic heterocycles. The van der Waals surface area contributed by atoms with Crippen LogP contribution in [0.1, 0.15) is 29.8 Å². The first-order chi connectivity index (χ1) is 8.85. The van der Waals surface area contributed by atoms with Gasteiger partial charge in [0.1, 0.15) is 0 Å². The van der Waals surface area contributed by atoms with Crippen molar-refractivity contribution in [2.24, 2.45) is 5.41 Å². The van der Waals surface area contributed by atoms with Gasteiger partial charge in [0, 0.05) is 6.54 Å². The van der Waals surface area contributed by atoms with Crippen LogP contribution in [-0.4, -0.2) is 23.5 Å². The average molecular weight is 260 g/mol. The van der Waals surface area contributed by atoms with E-state index >= 15 is 0 Å². The van der Waals surface area contributed by atoms with E-state index < -0.39 is 11.4 Å². The number of rotatable bonds is 5. The number of carboxylic acids is 1. The number of nitriles is 1. The van der Waals surface area contributed by atoms with Crippen LogP contribution in [0.15, 0.2) is 24.3 Å². The van der Waals surface area contributed by atoms with E-state index in [0.29, 0.717) is 5.56 Å². The maximum Gasteiger partial charge on any atom is 0.335 e. The zero-order valence-electron chi connectivity index (χ0n) is 10.9. The number of carbonyl (C=O) groups is 2. The molecule has 0 saturated carbocycles. The fourth-order valence-corrected chi connectivity index (χ4v) is 1.48. The summed E-state index contributed by atoms with van der Waals surface area (Å²) in [5.41, 5.74) is -0.0541. The monoisotopic (exact) mass is 260 g/mol. The second-order valence-electron chi connectivity index (χ2n) is 4.91. The number of hydrogen-bond donors (Lipinski definition) is 2. The molecule has 2 N–H and O–H groups in total. The van der Waals surface area contributed by atoms with Gasteiger partial charge in [0.15, 0.2) is 0 Å². The van der Waals surface area contributed by atoms with E-state index in [9.17, 15) is 9.59 Å². The zero-order chi connectivity index (χ0) is 14.5. The van der Waals surface area contributed by atoms with Crippen molar-refractivity contribution in [3.05, 3.63) is 35.4 Å². The fourth-order valence-electron chi connectivity index (χ4n) is 1.48. The highest BCUT2D eigenvalue weighted by Crippen LogP contribution is 2.12. The van der Waals surface area contributed by atoms with E-state index in [1.165, 1.54) is 6.07 Å². The van der Waals surface area contributed by atoms with E-state index in [0.717, 1.165) is 0 Å². The van der Waals surface area contributed by atoms with Crippen molar-refractivity contribution in [1.29, 1.82) is 5.26 Å². The number of amides is 1. The van der Waals surface area contributed by atoms with Gasteiger partial charge in [-0.2, -0.15) is 5.26 Å². The SMILES string of the molecule is CC(C)(C#N)CNC(=O)Cc1ccccc1C(=O)O. The lowest BCUT2D eigenvalue weighted by molar-refractivity contribution is -0.120.